The Hall–Kier alpha value is -2.74. The van der Waals surface area contributed by atoms with Crippen molar-refractivity contribution >= 4 is 17.4 Å². The van der Waals surface area contributed by atoms with Gasteiger partial charge in [-0.2, -0.15) is 0 Å². The second kappa shape index (κ2) is 8.52. The standard InChI is InChI=1S/C20H24FN5O2/c21-16-5-1-2-6-18(16)25-9-11-26(12-10-25)20(27)17-7-8-19(24-23-17)22-14-15-4-3-13-28-15/h1-2,5-8,15H,3-4,9-14H2,(H,22,24). The predicted molar refractivity (Wildman–Crippen MR) is 104 cm³/mol. The molecule has 7 nitrogen and oxygen atoms in total. The normalized spacial score (nSPS) is 19.7. The molecular formula is C20H24FN5O2. The van der Waals surface area contributed by atoms with E-state index in [-0.39, 0.29) is 17.8 Å². The molecule has 1 atom stereocenters. The molecule has 1 amide bonds. The van der Waals surface area contributed by atoms with E-state index < -0.39 is 0 Å². The number of carbonyl (C=O) groups excluding carboxylic acids is 1. The van der Waals surface area contributed by atoms with Crippen molar-refractivity contribution in [3.63, 3.8) is 0 Å². The summed E-state index contributed by atoms with van der Waals surface area (Å²) in [5.74, 6) is 0.252. The van der Waals surface area contributed by atoms with Crippen molar-refractivity contribution in [2.24, 2.45) is 0 Å². The number of ether oxygens (including phenoxy) is 1. The van der Waals surface area contributed by atoms with Crippen molar-refractivity contribution in [2.75, 3.05) is 49.5 Å². The first kappa shape index (κ1) is 18.6. The first-order valence-corrected chi connectivity index (χ1v) is 9.68. The molecule has 0 bridgehead atoms. The summed E-state index contributed by atoms with van der Waals surface area (Å²) >= 11 is 0. The third-order valence-electron chi connectivity index (χ3n) is 5.18. The zero-order chi connectivity index (χ0) is 19.3. The third-order valence-corrected chi connectivity index (χ3v) is 5.18. The fourth-order valence-electron chi connectivity index (χ4n) is 3.58. The average molecular weight is 385 g/mol. The van der Waals surface area contributed by atoms with Crippen molar-refractivity contribution in [1.29, 1.82) is 0 Å². The Kier molecular flexibility index (Phi) is 5.66. The van der Waals surface area contributed by atoms with Crippen LogP contribution in [-0.2, 0) is 4.74 Å². The van der Waals surface area contributed by atoms with Gasteiger partial charge in [-0.1, -0.05) is 12.1 Å². The molecule has 1 N–H and O–H groups in total. The van der Waals surface area contributed by atoms with Crippen LogP contribution in [-0.4, -0.2) is 66.4 Å². The van der Waals surface area contributed by atoms with Gasteiger partial charge in [0, 0.05) is 39.3 Å². The lowest BCUT2D eigenvalue weighted by Gasteiger charge is -2.36. The number of halogens is 1. The van der Waals surface area contributed by atoms with Crippen LogP contribution in [0.1, 0.15) is 23.3 Å². The van der Waals surface area contributed by atoms with E-state index in [0.29, 0.717) is 49.9 Å². The first-order chi connectivity index (χ1) is 13.7. The fourth-order valence-corrected chi connectivity index (χ4v) is 3.58. The lowest BCUT2D eigenvalue weighted by molar-refractivity contribution is 0.0739. The summed E-state index contributed by atoms with van der Waals surface area (Å²) in [4.78, 5) is 16.4. The van der Waals surface area contributed by atoms with Crippen LogP contribution in [0.5, 0.6) is 0 Å². The number of aromatic nitrogens is 2. The van der Waals surface area contributed by atoms with Crippen LogP contribution in [0.4, 0.5) is 15.9 Å². The van der Waals surface area contributed by atoms with Crippen molar-refractivity contribution in [2.45, 2.75) is 18.9 Å². The van der Waals surface area contributed by atoms with Crippen LogP contribution in [0.3, 0.4) is 0 Å². The molecular weight excluding hydrogens is 361 g/mol. The largest absolute Gasteiger partial charge is 0.376 e. The molecule has 0 radical (unpaired) electrons. The molecule has 1 aromatic carbocycles. The molecule has 148 valence electrons. The number of anilines is 2. The van der Waals surface area contributed by atoms with E-state index in [4.69, 9.17) is 4.74 Å². The summed E-state index contributed by atoms with van der Waals surface area (Å²) in [5, 5.41) is 11.4. The van der Waals surface area contributed by atoms with E-state index in [1.54, 1.807) is 29.2 Å². The second-order valence-corrected chi connectivity index (χ2v) is 7.05. The van der Waals surface area contributed by atoms with Gasteiger partial charge < -0.3 is 19.9 Å². The number of para-hydroxylation sites is 1. The van der Waals surface area contributed by atoms with E-state index in [1.807, 2.05) is 11.0 Å². The highest BCUT2D eigenvalue weighted by Gasteiger charge is 2.24. The number of nitrogens with zero attached hydrogens (tertiary/aromatic N) is 4. The molecule has 28 heavy (non-hydrogen) atoms. The summed E-state index contributed by atoms with van der Waals surface area (Å²) in [6.07, 6.45) is 2.36. The number of benzene rings is 1. The van der Waals surface area contributed by atoms with Gasteiger partial charge in [-0.3, -0.25) is 4.79 Å². The van der Waals surface area contributed by atoms with Gasteiger partial charge in [-0.25, -0.2) is 4.39 Å². The van der Waals surface area contributed by atoms with Gasteiger partial charge in [-0.05, 0) is 37.1 Å². The molecule has 2 aliphatic heterocycles. The predicted octanol–water partition coefficient (Wildman–Crippen LogP) is 2.17. The maximum Gasteiger partial charge on any atom is 0.274 e. The number of rotatable bonds is 5. The van der Waals surface area contributed by atoms with Crippen molar-refractivity contribution in [1.82, 2.24) is 15.1 Å². The lowest BCUT2D eigenvalue weighted by atomic mass is 10.2. The maximum absolute atomic E-state index is 13.9. The Morgan fingerprint density at radius 1 is 1.14 bits per heavy atom. The Bertz CT molecular complexity index is 802. The van der Waals surface area contributed by atoms with Gasteiger partial charge in [0.2, 0.25) is 0 Å². The molecule has 4 rings (SSSR count). The second-order valence-electron chi connectivity index (χ2n) is 7.05. The van der Waals surface area contributed by atoms with Crippen LogP contribution < -0.4 is 10.2 Å². The molecule has 2 aromatic rings. The number of amides is 1. The van der Waals surface area contributed by atoms with Crippen LogP contribution in [0.2, 0.25) is 0 Å². The minimum Gasteiger partial charge on any atom is -0.376 e. The summed E-state index contributed by atoms with van der Waals surface area (Å²) in [5.41, 5.74) is 0.901. The van der Waals surface area contributed by atoms with E-state index in [2.05, 4.69) is 15.5 Å². The van der Waals surface area contributed by atoms with Crippen LogP contribution in [0.15, 0.2) is 36.4 Å². The molecule has 0 spiro atoms. The minimum atomic E-state index is -0.237. The SMILES string of the molecule is O=C(c1ccc(NCC2CCCO2)nn1)N1CCN(c2ccccc2F)CC1. The molecule has 0 saturated carbocycles. The minimum absolute atomic E-state index is 0.147. The summed E-state index contributed by atoms with van der Waals surface area (Å²) in [6.45, 7) is 3.72. The highest BCUT2D eigenvalue weighted by Crippen LogP contribution is 2.20. The summed E-state index contributed by atoms with van der Waals surface area (Å²) < 4.78 is 19.5. The number of hydrogen-bond donors (Lipinski definition) is 1. The highest BCUT2D eigenvalue weighted by molar-refractivity contribution is 5.92. The molecule has 8 heteroatoms. The van der Waals surface area contributed by atoms with Crippen LogP contribution in [0.25, 0.3) is 0 Å². The lowest BCUT2D eigenvalue weighted by Crippen LogP contribution is -2.49. The van der Waals surface area contributed by atoms with E-state index in [9.17, 15) is 9.18 Å². The Labute approximate surface area is 163 Å². The average Bonchev–Trinajstić information content (AvgIpc) is 3.26. The summed E-state index contributed by atoms with van der Waals surface area (Å²) in [7, 11) is 0. The Morgan fingerprint density at radius 3 is 2.64 bits per heavy atom. The monoisotopic (exact) mass is 385 g/mol. The van der Waals surface area contributed by atoms with Gasteiger partial charge in [0.15, 0.2) is 5.69 Å². The number of hydrogen-bond acceptors (Lipinski definition) is 6. The molecule has 1 unspecified atom stereocenters. The third kappa shape index (κ3) is 4.22. The molecule has 2 aliphatic rings. The quantitative estimate of drug-likeness (QED) is 0.851. The molecule has 2 saturated heterocycles. The number of nitrogens with one attached hydrogen (secondary N) is 1. The number of piperazine rings is 1. The van der Waals surface area contributed by atoms with Crippen LogP contribution >= 0.6 is 0 Å². The zero-order valence-corrected chi connectivity index (χ0v) is 15.7. The van der Waals surface area contributed by atoms with Gasteiger partial charge in [-0.15, -0.1) is 10.2 Å². The number of carbonyl (C=O) groups is 1. The first-order valence-electron chi connectivity index (χ1n) is 9.68. The van der Waals surface area contributed by atoms with Gasteiger partial charge >= 0.3 is 0 Å². The molecule has 0 aliphatic carbocycles. The van der Waals surface area contributed by atoms with Crippen molar-refractivity contribution in [3.8, 4) is 0 Å². The van der Waals surface area contributed by atoms with Crippen molar-refractivity contribution in [3.05, 3.63) is 47.9 Å². The van der Waals surface area contributed by atoms with Crippen LogP contribution in [0, 0.1) is 5.82 Å². The maximum atomic E-state index is 13.9. The van der Waals surface area contributed by atoms with E-state index in [0.717, 1.165) is 19.4 Å². The van der Waals surface area contributed by atoms with Gasteiger partial charge in [0.1, 0.15) is 11.6 Å². The zero-order valence-electron chi connectivity index (χ0n) is 15.7. The highest BCUT2D eigenvalue weighted by atomic mass is 19.1. The molecule has 3 heterocycles. The topological polar surface area (TPSA) is 70.6 Å². The van der Waals surface area contributed by atoms with E-state index >= 15 is 0 Å². The Balaban J connectivity index is 1.30. The van der Waals surface area contributed by atoms with E-state index in [1.165, 1.54) is 6.07 Å². The Morgan fingerprint density at radius 2 is 1.96 bits per heavy atom. The molecule has 1 aromatic heterocycles. The fraction of sp³-hybridized carbons (Fsp3) is 0.450. The molecule has 2 fully saturated rings. The van der Waals surface area contributed by atoms with Gasteiger partial charge in [0.25, 0.3) is 5.91 Å². The smallest absolute Gasteiger partial charge is 0.274 e. The summed E-state index contributed by atoms with van der Waals surface area (Å²) in [6, 6.07) is 10.2. The van der Waals surface area contributed by atoms with Gasteiger partial charge in [0.05, 0.1) is 11.8 Å². The van der Waals surface area contributed by atoms with Crippen molar-refractivity contribution < 1.29 is 13.9 Å².